The van der Waals surface area contributed by atoms with E-state index in [-0.39, 0.29) is 23.8 Å². The second-order valence-electron chi connectivity index (χ2n) is 7.51. The SMILES string of the molecule is O=C(Nc1ccc(C(=O)N2CC(c3ncc(-c4ccncc4)s3)C2)s1)[C@@H]1CCCN1. The van der Waals surface area contributed by atoms with Crippen LogP contribution < -0.4 is 10.6 Å². The summed E-state index contributed by atoms with van der Waals surface area (Å²) in [6.45, 7) is 2.23. The number of nitrogens with one attached hydrogen (secondary N) is 2. The molecule has 0 aromatic carbocycles. The van der Waals surface area contributed by atoms with Gasteiger partial charge in [-0.3, -0.25) is 14.6 Å². The summed E-state index contributed by atoms with van der Waals surface area (Å²) in [5, 5.41) is 7.89. The number of pyridine rings is 1. The highest BCUT2D eigenvalue weighted by atomic mass is 32.1. The monoisotopic (exact) mass is 439 g/mol. The number of hydrogen-bond donors (Lipinski definition) is 2. The quantitative estimate of drug-likeness (QED) is 0.638. The fraction of sp³-hybridized carbons (Fsp3) is 0.333. The van der Waals surface area contributed by atoms with E-state index in [4.69, 9.17) is 0 Å². The highest BCUT2D eigenvalue weighted by molar-refractivity contribution is 7.18. The van der Waals surface area contributed by atoms with Crippen molar-refractivity contribution in [2.45, 2.75) is 24.8 Å². The highest BCUT2D eigenvalue weighted by Crippen LogP contribution is 2.35. The standard InChI is InChI=1S/C21H21N5O2S2/c27-19(15-2-1-7-23-15)25-18-4-3-16(29-18)21(28)26-11-14(12-26)20-24-10-17(30-20)13-5-8-22-9-6-13/h3-6,8-10,14-15,23H,1-2,7,11-12H2,(H,25,27)/t15-/m0/s1. The molecule has 154 valence electrons. The lowest BCUT2D eigenvalue weighted by atomic mass is 10.0. The van der Waals surface area contributed by atoms with E-state index in [1.54, 1.807) is 29.8 Å². The van der Waals surface area contributed by atoms with E-state index in [9.17, 15) is 9.59 Å². The zero-order chi connectivity index (χ0) is 20.5. The lowest BCUT2D eigenvalue weighted by molar-refractivity contribution is -0.117. The van der Waals surface area contributed by atoms with E-state index in [2.05, 4.69) is 20.6 Å². The minimum absolute atomic E-state index is 0.0154. The van der Waals surface area contributed by atoms with Crippen LogP contribution in [-0.4, -0.2) is 52.4 Å². The van der Waals surface area contributed by atoms with Crippen molar-refractivity contribution in [3.05, 3.63) is 52.7 Å². The number of aromatic nitrogens is 2. The number of amides is 2. The van der Waals surface area contributed by atoms with Crippen LogP contribution in [-0.2, 0) is 4.79 Å². The first-order chi connectivity index (χ1) is 14.7. The van der Waals surface area contributed by atoms with Crippen molar-refractivity contribution in [1.82, 2.24) is 20.2 Å². The molecule has 9 heteroatoms. The fourth-order valence-corrected chi connectivity index (χ4v) is 5.60. The van der Waals surface area contributed by atoms with E-state index in [0.29, 0.717) is 18.0 Å². The van der Waals surface area contributed by atoms with Gasteiger partial charge in [0.15, 0.2) is 0 Å². The molecule has 5 rings (SSSR count). The summed E-state index contributed by atoms with van der Waals surface area (Å²) in [5.41, 5.74) is 1.11. The molecular formula is C21H21N5O2S2. The Morgan fingerprint density at radius 3 is 2.73 bits per heavy atom. The molecule has 2 fully saturated rings. The Morgan fingerprint density at radius 1 is 1.13 bits per heavy atom. The molecule has 3 aromatic heterocycles. The van der Waals surface area contributed by atoms with Crippen molar-refractivity contribution < 1.29 is 9.59 Å². The van der Waals surface area contributed by atoms with E-state index in [1.807, 2.05) is 29.3 Å². The van der Waals surface area contributed by atoms with E-state index in [1.165, 1.54) is 11.3 Å². The molecule has 2 saturated heterocycles. The first-order valence-corrected chi connectivity index (χ1v) is 11.6. The van der Waals surface area contributed by atoms with Crippen molar-refractivity contribution in [3.63, 3.8) is 0 Å². The van der Waals surface area contributed by atoms with Gasteiger partial charge in [-0.15, -0.1) is 22.7 Å². The van der Waals surface area contributed by atoms with Crippen molar-refractivity contribution in [2.24, 2.45) is 0 Å². The molecule has 30 heavy (non-hydrogen) atoms. The molecule has 2 N–H and O–H groups in total. The van der Waals surface area contributed by atoms with Gasteiger partial charge in [-0.1, -0.05) is 0 Å². The predicted octanol–water partition coefficient (Wildman–Crippen LogP) is 3.20. The van der Waals surface area contributed by atoms with Crippen molar-refractivity contribution in [3.8, 4) is 10.4 Å². The number of nitrogens with zero attached hydrogens (tertiary/aromatic N) is 3. The molecule has 2 aliphatic rings. The maximum absolute atomic E-state index is 12.8. The Kier molecular flexibility index (Phi) is 5.32. The number of thiophene rings is 1. The molecule has 7 nitrogen and oxygen atoms in total. The average molecular weight is 440 g/mol. The zero-order valence-corrected chi connectivity index (χ0v) is 17.8. The van der Waals surface area contributed by atoms with Crippen LogP contribution in [0.25, 0.3) is 10.4 Å². The topological polar surface area (TPSA) is 87.2 Å². The molecule has 0 bridgehead atoms. The first-order valence-electron chi connectivity index (χ1n) is 9.97. The first kappa shape index (κ1) is 19.3. The molecule has 5 heterocycles. The number of hydrogen-bond acceptors (Lipinski definition) is 7. The van der Waals surface area contributed by atoms with Crippen LogP contribution in [0.1, 0.15) is 33.4 Å². The van der Waals surface area contributed by atoms with Crippen LogP contribution in [0.4, 0.5) is 5.00 Å². The average Bonchev–Trinajstić information content (AvgIpc) is 3.49. The van der Waals surface area contributed by atoms with Crippen LogP contribution in [0, 0.1) is 0 Å². The number of likely N-dealkylation sites (tertiary alicyclic amines) is 1. The van der Waals surface area contributed by atoms with Gasteiger partial charge in [0.2, 0.25) is 5.91 Å². The van der Waals surface area contributed by atoms with Crippen molar-refractivity contribution in [1.29, 1.82) is 0 Å². The molecule has 2 amide bonds. The summed E-state index contributed by atoms with van der Waals surface area (Å²) >= 11 is 3.01. The third-order valence-electron chi connectivity index (χ3n) is 5.45. The third kappa shape index (κ3) is 3.88. The number of carbonyl (C=O) groups is 2. The Hall–Kier alpha value is -2.62. The molecule has 3 aromatic rings. The number of rotatable bonds is 5. The minimum atomic E-state index is -0.127. The van der Waals surface area contributed by atoms with Crippen LogP contribution in [0.3, 0.4) is 0 Å². The van der Waals surface area contributed by atoms with Gasteiger partial charge in [-0.05, 0) is 49.2 Å². The van der Waals surface area contributed by atoms with Gasteiger partial charge < -0.3 is 15.5 Å². The fourth-order valence-electron chi connectivity index (χ4n) is 3.72. The smallest absolute Gasteiger partial charge is 0.264 e. The number of thiazole rings is 1. The zero-order valence-electron chi connectivity index (χ0n) is 16.2. The van der Waals surface area contributed by atoms with Gasteiger partial charge >= 0.3 is 0 Å². The molecule has 1 atom stereocenters. The molecule has 0 spiro atoms. The Morgan fingerprint density at radius 2 is 1.97 bits per heavy atom. The molecule has 0 unspecified atom stereocenters. The maximum Gasteiger partial charge on any atom is 0.264 e. The van der Waals surface area contributed by atoms with E-state index in [0.717, 1.165) is 39.8 Å². The summed E-state index contributed by atoms with van der Waals surface area (Å²) in [6.07, 6.45) is 7.33. The molecular weight excluding hydrogens is 418 g/mol. The van der Waals surface area contributed by atoms with E-state index < -0.39 is 0 Å². The Balaban J connectivity index is 1.17. The molecule has 0 radical (unpaired) electrons. The summed E-state index contributed by atoms with van der Waals surface area (Å²) in [5.74, 6) is 0.273. The normalized spacial score (nSPS) is 18.9. The van der Waals surface area contributed by atoms with E-state index >= 15 is 0 Å². The van der Waals surface area contributed by atoms with Gasteiger partial charge in [0.25, 0.3) is 5.91 Å². The van der Waals surface area contributed by atoms with Crippen LogP contribution >= 0.6 is 22.7 Å². The summed E-state index contributed by atoms with van der Waals surface area (Å²) in [6, 6.07) is 7.43. The summed E-state index contributed by atoms with van der Waals surface area (Å²) in [7, 11) is 0. The lowest BCUT2D eigenvalue weighted by Crippen LogP contribution is -2.48. The molecule has 2 aliphatic heterocycles. The molecule has 0 aliphatic carbocycles. The summed E-state index contributed by atoms with van der Waals surface area (Å²) < 4.78 is 0. The Labute approximate surface area is 182 Å². The van der Waals surface area contributed by atoms with Crippen LogP contribution in [0.5, 0.6) is 0 Å². The van der Waals surface area contributed by atoms with Crippen molar-refractivity contribution >= 4 is 39.5 Å². The maximum atomic E-state index is 12.8. The number of anilines is 1. The largest absolute Gasteiger partial charge is 0.336 e. The Bertz CT molecular complexity index is 1050. The minimum Gasteiger partial charge on any atom is -0.336 e. The van der Waals surface area contributed by atoms with Gasteiger partial charge in [-0.25, -0.2) is 4.98 Å². The van der Waals surface area contributed by atoms with Gasteiger partial charge in [0.05, 0.1) is 25.8 Å². The van der Waals surface area contributed by atoms with Crippen LogP contribution in [0.15, 0.2) is 42.9 Å². The van der Waals surface area contributed by atoms with Gasteiger partial charge in [0, 0.05) is 37.6 Å². The summed E-state index contributed by atoms with van der Waals surface area (Å²) in [4.78, 5) is 37.2. The molecule has 0 saturated carbocycles. The van der Waals surface area contributed by atoms with Gasteiger partial charge in [-0.2, -0.15) is 0 Å². The number of carbonyl (C=O) groups excluding carboxylic acids is 2. The predicted molar refractivity (Wildman–Crippen MR) is 118 cm³/mol. The lowest BCUT2D eigenvalue weighted by Gasteiger charge is -2.37. The highest BCUT2D eigenvalue weighted by Gasteiger charge is 2.35. The second kappa shape index (κ2) is 8.25. The second-order valence-corrected chi connectivity index (χ2v) is 9.65. The van der Waals surface area contributed by atoms with Crippen LogP contribution in [0.2, 0.25) is 0 Å². The van der Waals surface area contributed by atoms with Gasteiger partial charge in [0.1, 0.15) is 0 Å². The third-order valence-corrected chi connectivity index (χ3v) is 7.64. The van der Waals surface area contributed by atoms with Crippen molar-refractivity contribution in [2.75, 3.05) is 25.0 Å².